The topological polar surface area (TPSA) is 47.7 Å². The molecule has 1 aromatic rings. The van der Waals surface area contributed by atoms with E-state index in [1.165, 1.54) is 12.0 Å². The van der Waals surface area contributed by atoms with E-state index in [1.54, 1.807) is 14.2 Å². The van der Waals surface area contributed by atoms with Crippen LogP contribution in [0.1, 0.15) is 12.0 Å². The van der Waals surface area contributed by atoms with Crippen molar-refractivity contribution in [2.75, 3.05) is 33.9 Å². The Bertz CT molecular complexity index is 401. The quantitative estimate of drug-likeness (QED) is 0.898. The summed E-state index contributed by atoms with van der Waals surface area (Å²) in [5.41, 5.74) is 6.92. The van der Waals surface area contributed by atoms with Crippen molar-refractivity contribution in [3.05, 3.63) is 23.8 Å². The molecule has 0 spiro atoms. The molecule has 0 amide bonds. The number of methoxy groups -OCH3 is 2. The second kappa shape index (κ2) is 7.58. The lowest BCUT2D eigenvalue weighted by Crippen LogP contribution is -2.23. The molecule has 1 fully saturated rings. The molecule has 1 heterocycles. The average molecular weight is 287 g/mol. The van der Waals surface area contributed by atoms with Crippen molar-refractivity contribution < 1.29 is 9.47 Å². The van der Waals surface area contributed by atoms with E-state index in [9.17, 15) is 0 Å². The number of halogens is 1. The largest absolute Gasteiger partial charge is 0.497 e. The number of nitrogens with two attached hydrogens (primary N) is 1. The third-order valence-corrected chi connectivity index (χ3v) is 3.59. The second-order valence-corrected chi connectivity index (χ2v) is 4.80. The molecule has 0 radical (unpaired) electrons. The molecule has 0 aromatic heterocycles. The first-order valence-electron chi connectivity index (χ1n) is 6.40. The molecule has 2 rings (SSSR count). The fourth-order valence-electron chi connectivity index (χ4n) is 2.47. The first-order valence-corrected chi connectivity index (χ1v) is 6.40. The number of hydrogen-bond acceptors (Lipinski definition) is 4. The van der Waals surface area contributed by atoms with Gasteiger partial charge in [0.05, 0.1) is 14.2 Å². The third kappa shape index (κ3) is 4.00. The van der Waals surface area contributed by atoms with E-state index in [1.807, 2.05) is 12.1 Å². The van der Waals surface area contributed by atoms with E-state index < -0.39 is 0 Å². The van der Waals surface area contributed by atoms with Gasteiger partial charge in [-0.25, -0.2) is 0 Å². The highest BCUT2D eigenvalue weighted by atomic mass is 35.5. The van der Waals surface area contributed by atoms with E-state index in [0.29, 0.717) is 5.92 Å². The number of ether oxygens (including phenoxy) is 2. The Hall–Kier alpha value is -0.970. The van der Waals surface area contributed by atoms with Crippen molar-refractivity contribution in [2.45, 2.75) is 13.0 Å². The lowest BCUT2D eigenvalue weighted by Gasteiger charge is -2.18. The van der Waals surface area contributed by atoms with Gasteiger partial charge in [0.25, 0.3) is 0 Å². The Morgan fingerprint density at radius 3 is 2.68 bits per heavy atom. The second-order valence-electron chi connectivity index (χ2n) is 4.80. The number of rotatable bonds is 5. The van der Waals surface area contributed by atoms with Gasteiger partial charge < -0.3 is 15.2 Å². The van der Waals surface area contributed by atoms with Crippen LogP contribution in [0.15, 0.2) is 18.2 Å². The minimum Gasteiger partial charge on any atom is -0.497 e. The Morgan fingerprint density at radius 2 is 2.11 bits per heavy atom. The van der Waals surface area contributed by atoms with Crippen LogP contribution in [-0.2, 0) is 6.54 Å². The normalized spacial score (nSPS) is 19.0. The molecule has 0 bridgehead atoms. The molecule has 5 heteroatoms. The summed E-state index contributed by atoms with van der Waals surface area (Å²) in [5, 5.41) is 0. The lowest BCUT2D eigenvalue weighted by atomic mass is 10.1. The molecule has 0 aliphatic carbocycles. The summed E-state index contributed by atoms with van der Waals surface area (Å²) in [6.45, 7) is 3.92. The van der Waals surface area contributed by atoms with E-state index in [4.69, 9.17) is 15.2 Å². The fourth-order valence-corrected chi connectivity index (χ4v) is 2.47. The molecule has 1 aliphatic rings. The summed E-state index contributed by atoms with van der Waals surface area (Å²) in [5.74, 6) is 2.37. The molecule has 19 heavy (non-hydrogen) atoms. The monoisotopic (exact) mass is 286 g/mol. The van der Waals surface area contributed by atoms with Crippen molar-refractivity contribution in [3.8, 4) is 11.5 Å². The summed E-state index contributed by atoms with van der Waals surface area (Å²) < 4.78 is 10.6. The summed E-state index contributed by atoms with van der Waals surface area (Å²) in [6.07, 6.45) is 1.20. The fraction of sp³-hybridized carbons (Fsp3) is 0.571. The summed E-state index contributed by atoms with van der Waals surface area (Å²) >= 11 is 0. The van der Waals surface area contributed by atoms with Gasteiger partial charge in [-0.1, -0.05) is 6.07 Å². The zero-order valence-corrected chi connectivity index (χ0v) is 12.4. The van der Waals surface area contributed by atoms with Crippen LogP contribution >= 0.6 is 12.4 Å². The van der Waals surface area contributed by atoms with Crippen LogP contribution in [-0.4, -0.2) is 38.8 Å². The molecule has 108 valence electrons. The minimum atomic E-state index is 0. The van der Waals surface area contributed by atoms with Crippen LogP contribution in [0.2, 0.25) is 0 Å². The first kappa shape index (κ1) is 16.1. The highest BCUT2D eigenvalue weighted by Crippen LogP contribution is 2.27. The van der Waals surface area contributed by atoms with E-state index >= 15 is 0 Å². The van der Waals surface area contributed by atoms with Gasteiger partial charge in [-0.05, 0) is 31.5 Å². The van der Waals surface area contributed by atoms with Crippen molar-refractivity contribution in [3.63, 3.8) is 0 Å². The summed E-state index contributed by atoms with van der Waals surface area (Å²) in [7, 11) is 3.37. The van der Waals surface area contributed by atoms with E-state index in [-0.39, 0.29) is 12.4 Å². The van der Waals surface area contributed by atoms with Crippen molar-refractivity contribution in [1.82, 2.24) is 4.90 Å². The molecule has 4 nitrogen and oxygen atoms in total. The van der Waals surface area contributed by atoms with Gasteiger partial charge >= 0.3 is 0 Å². The van der Waals surface area contributed by atoms with Gasteiger partial charge in [-0.2, -0.15) is 0 Å². The molecule has 1 saturated heterocycles. The molecule has 1 aromatic carbocycles. The highest BCUT2D eigenvalue weighted by Gasteiger charge is 2.22. The number of benzene rings is 1. The molecule has 1 aliphatic heterocycles. The van der Waals surface area contributed by atoms with Crippen LogP contribution in [0.4, 0.5) is 0 Å². The Balaban J connectivity index is 0.00000180. The van der Waals surface area contributed by atoms with Crippen molar-refractivity contribution in [1.29, 1.82) is 0 Å². The van der Waals surface area contributed by atoms with Crippen LogP contribution in [0.25, 0.3) is 0 Å². The zero-order valence-electron chi connectivity index (χ0n) is 11.6. The minimum absolute atomic E-state index is 0. The lowest BCUT2D eigenvalue weighted by molar-refractivity contribution is 0.308. The van der Waals surface area contributed by atoms with Crippen molar-refractivity contribution >= 4 is 12.4 Å². The molecular weight excluding hydrogens is 264 g/mol. The molecule has 2 N–H and O–H groups in total. The van der Waals surface area contributed by atoms with E-state index in [0.717, 1.165) is 37.7 Å². The smallest absolute Gasteiger partial charge is 0.127 e. The van der Waals surface area contributed by atoms with Crippen LogP contribution in [0.5, 0.6) is 11.5 Å². The maximum Gasteiger partial charge on any atom is 0.127 e. The average Bonchev–Trinajstić information content (AvgIpc) is 2.87. The summed E-state index contributed by atoms with van der Waals surface area (Å²) in [6, 6.07) is 5.99. The zero-order chi connectivity index (χ0) is 13.0. The number of nitrogens with zero attached hydrogens (tertiary/aromatic N) is 1. The standard InChI is InChI=1S/C14H22N2O2.ClH/c1-17-13-4-3-12(14(7-13)18-2)10-16-6-5-11(8-15)9-16;/h3-4,7,11H,5-6,8-10,15H2,1-2H3;1H. The highest BCUT2D eigenvalue weighted by molar-refractivity contribution is 5.85. The SMILES string of the molecule is COc1ccc(CN2CCC(CN)C2)c(OC)c1.Cl. The van der Waals surface area contributed by atoms with Gasteiger partial charge in [0, 0.05) is 24.7 Å². The van der Waals surface area contributed by atoms with E-state index in [2.05, 4.69) is 11.0 Å². The third-order valence-electron chi connectivity index (χ3n) is 3.59. The van der Waals surface area contributed by atoms with Crippen molar-refractivity contribution in [2.24, 2.45) is 11.7 Å². The Labute approximate surface area is 121 Å². The maximum atomic E-state index is 5.72. The van der Waals surface area contributed by atoms with Gasteiger partial charge in [-0.3, -0.25) is 4.90 Å². The number of likely N-dealkylation sites (tertiary alicyclic amines) is 1. The van der Waals surface area contributed by atoms with Crippen LogP contribution in [0, 0.1) is 5.92 Å². The first-order chi connectivity index (χ1) is 8.76. The Morgan fingerprint density at radius 1 is 1.32 bits per heavy atom. The molecule has 1 atom stereocenters. The predicted octanol–water partition coefficient (Wildman–Crippen LogP) is 1.91. The Kier molecular flexibility index (Phi) is 6.42. The predicted molar refractivity (Wildman–Crippen MR) is 79.2 cm³/mol. The summed E-state index contributed by atoms with van der Waals surface area (Å²) in [4.78, 5) is 2.43. The molecule has 0 saturated carbocycles. The van der Waals surface area contributed by atoms with Gasteiger partial charge in [-0.15, -0.1) is 12.4 Å². The molecular formula is C14H23ClN2O2. The number of hydrogen-bond donors (Lipinski definition) is 1. The maximum absolute atomic E-state index is 5.72. The van der Waals surface area contributed by atoms with Gasteiger partial charge in [0.1, 0.15) is 11.5 Å². The molecule has 1 unspecified atom stereocenters. The van der Waals surface area contributed by atoms with Crippen LogP contribution in [0.3, 0.4) is 0 Å². The van der Waals surface area contributed by atoms with Crippen LogP contribution < -0.4 is 15.2 Å². The van der Waals surface area contributed by atoms with Gasteiger partial charge in [0.15, 0.2) is 0 Å². The van der Waals surface area contributed by atoms with Gasteiger partial charge in [0.2, 0.25) is 0 Å².